The lowest BCUT2D eigenvalue weighted by molar-refractivity contribution is 0.336. The number of hydrogen-bond donors (Lipinski definition) is 0. The molecule has 4 nitrogen and oxygen atoms in total. The van der Waals surface area contributed by atoms with E-state index in [9.17, 15) is 5.26 Å². The molecule has 0 N–H and O–H groups in total. The molecule has 1 aliphatic rings. The van der Waals surface area contributed by atoms with Crippen molar-refractivity contribution in [2.24, 2.45) is 4.99 Å². The van der Waals surface area contributed by atoms with Crippen LogP contribution in [0.15, 0.2) is 77.1 Å². The minimum absolute atomic E-state index is 0.250. The first-order chi connectivity index (χ1) is 13.7. The van der Waals surface area contributed by atoms with E-state index in [1.54, 1.807) is 0 Å². The molecule has 0 amide bonds. The third-order valence-corrected chi connectivity index (χ3v) is 4.93. The molecule has 1 heterocycles. The zero-order valence-electron chi connectivity index (χ0n) is 15.2. The summed E-state index contributed by atoms with van der Waals surface area (Å²) in [5, 5.41) is 12.6. The van der Waals surface area contributed by atoms with Gasteiger partial charge in [-0.2, -0.15) is 10.3 Å². The van der Waals surface area contributed by atoms with Gasteiger partial charge in [-0.05, 0) is 30.0 Å². The monoisotopic (exact) mass is 388 g/mol. The normalized spacial score (nSPS) is 16.0. The first kappa shape index (κ1) is 18.1. The number of nitrogens with zero attached hydrogens (tertiary/aromatic N) is 2. The summed E-state index contributed by atoms with van der Waals surface area (Å²) in [7, 11) is 0. The molecule has 138 valence electrons. The molecule has 0 radical (unpaired) electrons. The van der Waals surface area contributed by atoms with Crippen LogP contribution in [0.3, 0.4) is 0 Å². The number of rotatable bonds is 4. The van der Waals surface area contributed by atoms with E-state index in [0.717, 1.165) is 21.9 Å². The van der Waals surface area contributed by atoms with Crippen molar-refractivity contribution in [3.63, 3.8) is 0 Å². The highest BCUT2D eigenvalue weighted by Crippen LogP contribution is 2.46. The van der Waals surface area contributed by atoms with Crippen LogP contribution in [0.5, 0.6) is 5.75 Å². The molecule has 5 heteroatoms. The van der Waals surface area contributed by atoms with Gasteiger partial charge in [0.15, 0.2) is 6.40 Å². The highest BCUT2D eigenvalue weighted by atomic mass is 35.5. The van der Waals surface area contributed by atoms with Crippen molar-refractivity contribution >= 4 is 28.8 Å². The maximum absolute atomic E-state index is 9.91. The molecule has 0 saturated carbocycles. The van der Waals surface area contributed by atoms with Crippen LogP contribution in [0, 0.1) is 11.3 Å². The van der Waals surface area contributed by atoms with Gasteiger partial charge in [0.1, 0.15) is 17.4 Å². The van der Waals surface area contributed by atoms with Crippen LogP contribution in [-0.2, 0) is 4.74 Å². The molecule has 3 aromatic rings. The quantitative estimate of drug-likeness (QED) is 0.418. The molecular formula is C23H17ClN2O2. The number of nitriles is 1. The molecule has 1 aliphatic heterocycles. The van der Waals surface area contributed by atoms with Crippen LogP contribution in [0.25, 0.3) is 10.8 Å². The number of aliphatic imine (C=N–C) groups is 1. The Kier molecular flexibility index (Phi) is 5.01. The summed E-state index contributed by atoms with van der Waals surface area (Å²) >= 11 is 6.07. The van der Waals surface area contributed by atoms with Crippen LogP contribution in [0.1, 0.15) is 24.0 Å². The maximum atomic E-state index is 9.91. The summed E-state index contributed by atoms with van der Waals surface area (Å²) in [4.78, 5) is 4.29. The number of ether oxygens (including phenoxy) is 2. The van der Waals surface area contributed by atoms with Gasteiger partial charge in [0.05, 0.1) is 12.5 Å². The van der Waals surface area contributed by atoms with Gasteiger partial charge in [-0.15, -0.1) is 0 Å². The highest BCUT2D eigenvalue weighted by Gasteiger charge is 2.32. The largest absolute Gasteiger partial charge is 0.483 e. The molecule has 0 aromatic heterocycles. The molecule has 0 spiro atoms. The van der Waals surface area contributed by atoms with Crippen LogP contribution < -0.4 is 4.74 Å². The zero-order chi connectivity index (χ0) is 19.5. The van der Waals surface area contributed by atoms with Gasteiger partial charge in [-0.1, -0.05) is 60.1 Å². The fourth-order valence-electron chi connectivity index (χ4n) is 3.40. The molecule has 3 aromatic carbocycles. The first-order valence-corrected chi connectivity index (χ1v) is 9.34. The lowest BCUT2D eigenvalue weighted by atomic mass is 9.82. The van der Waals surface area contributed by atoms with Gasteiger partial charge in [0.2, 0.25) is 5.88 Å². The molecule has 28 heavy (non-hydrogen) atoms. The van der Waals surface area contributed by atoms with E-state index in [-0.39, 0.29) is 11.8 Å². The third kappa shape index (κ3) is 3.21. The Bertz CT molecular complexity index is 1130. The van der Waals surface area contributed by atoms with E-state index < -0.39 is 0 Å². The van der Waals surface area contributed by atoms with E-state index in [4.69, 9.17) is 21.1 Å². The summed E-state index contributed by atoms with van der Waals surface area (Å²) < 4.78 is 11.4. The van der Waals surface area contributed by atoms with Crippen molar-refractivity contribution in [2.45, 2.75) is 12.8 Å². The zero-order valence-corrected chi connectivity index (χ0v) is 16.0. The van der Waals surface area contributed by atoms with E-state index in [2.05, 4.69) is 11.1 Å². The maximum Gasteiger partial charge on any atom is 0.236 e. The summed E-state index contributed by atoms with van der Waals surface area (Å²) in [6.07, 6.45) is 1.32. The lowest BCUT2D eigenvalue weighted by Gasteiger charge is -2.27. The predicted molar refractivity (Wildman–Crippen MR) is 111 cm³/mol. The Morgan fingerprint density at radius 2 is 1.93 bits per heavy atom. The van der Waals surface area contributed by atoms with Crippen LogP contribution in [0.2, 0.25) is 5.02 Å². The van der Waals surface area contributed by atoms with Crippen molar-refractivity contribution < 1.29 is 9.47 Å². The van der Waals surface area contributed by atoms with Crippen molar-refractivity contribution in [1.82, 2.24) is 0 Å². The lowest BCUT2D eigenvalue weighted by Crippen LogP contribution is -2.16. The van der Waals surface area contributed by atoms with Crippen molar-refractivity contribution in [1.29, 1.82) is 5.26 Å². The van der Waals surface area contributed by atoms with E-state index in [1.807, 2.05) is 67.6 Å². The Morgan fingerprint density at radius 1 is 1.14 bits per heavy atom. The SMILES string of the molecule is CCOC=NC1=C(C#N)C(c2ccc(Cl)cc2)c2ccc3ccccc3c2O1. The fraction of sp³-hybridized carbons (Fsp3) is 0.130. The van der Waals surface area contributed by atoms with E-state index in [0.29, 0.717) is 23.0 Å². The van der Waals surface area contributed by atoms with Crippen molar-refractivity contribution in [3.05, 3.63) is 88.3 Å². The van der Waals surface area contributed by atoms with Crippen LogP contribution >= 0.6 is 11.6 Å². The van der Waals surface area contributed by atoms with Gasteiger partial charge >= 0.3 is 0 Å². The Balaban J connectivity index is 1.96. The molecule has 4 rings (SSSR count). The Morgan fingerprint density at radius 3 is 2.68 bits per heavy atom. The summed E-state index contributed by atoms with van der Waals surface area (Å²) in [5.41, 5.74) is 2.30. The first-order valence-electron chi connectivity index (χ1n) is 8.96. The molecule has 0 fully saturated rings. The minimum Gasteiger partial charge on any atom is -0.483 e. The average Bonchev–Trinajstić information content (AvgIpc) is 2.73. The second-order valence-electron chi connectivity index (χ2n) is 6.31. The molecular weight excluding hydrogens is 372 g/mol. The van der Waals surface area contributed by atoms with Gasteiger partial charge in [-0.25, -0.2) is 0 Å². The van der Waals surface area contributed by atoms with Gasteiger partial charge in [0, 0.05) is 16.0 Å². The van der Waals surface area contributed by atoms with Gasteiger partial charge in [0.25, 0.3) is 0 Å². The standard InChI is InChI=1S/C23H17ClN2O2/c1-2-27-14-26-23-20(13-25)21(16-7-10-17(24)11-8-16)19-12-9-15-5-3-4-6-18(15)22(19)28-23/h3-12,14,21H,2H2,1H3. The third-order valence-electron chi connectivity index (χ3n) is 4.67. The molecule has 0 saturated heterocycles. The smallest absolute Gasteiger partial charge is 0.236 e. The molecule has 1 unspecified atom stereocenters. The van der Waals surface area contributed by atoms with Crippen molar-refractivity contribution in [2.75, 3.05) is 6.61 Å². The topological polar surface area (TPSA) is 54.6 Å². The van der Waals surface area contributed by atoms with Crippen LogP contribution in [-0.4, -0.2) is 13.0 Å². The second-order valence-corrected chi connectivity index (χ2v) is 6.75. The number of allylic oxidation sites excluding steroid dienone is 1. The Hall–Kier alpha value is -3.29. The van der Waals surface area contributed by atoms with Gasteiger partial charge < -0.3 is 9.47 Å². The average molecular weight is 389 g/mol. The molecule has 0 aliphatic carbocycles. The summed E-state index contributed by atoms with van der Waals surface area (Å²) in [6.45, 7) is 2.35. The minimum atomic E-state index is -0.301. The van der Waals surface area contributed by atoms with Crippen LogP contribution in [0.4, 0.5) is 0 Å². The number of benzene rings is 3. The van der Waals surface area contributed by atoms with Gasteiger partial charge in [-0.3, -0.25) is 0 Å². The molecule has 1 atom stereocenters. The fourth-order valence-corrected chi connectivity index (χ4v) is 3.53. The second kappa shape index (κ2) is 7.75. The van der Waals surface area contributed by atoms with Crippen molar-refractivity contribution in [3.8, 4) is 11.8 Å². The van der Waals surface area contributed by atoms with E-state index in [1.165, 1.54) is 6.40 Å². The van der Waals surface area contributed by atoms with E-state index >= 15 is 0 Å². The predicted octanol–water partition coefficient (Wildman–Crippen LogP) is 5.82. The summed E-state index contributed by atoms with van der Waals surface area (Å²) in [5.74, 6) is 0.657. The number of halogens is 1. The number of hydrogen-bond acceptors (Lipinski definition) is 4. The Labute approximate surface area is 168 Å². The number of fused-ring (bicyclic) bond motifs is 3. The highest BCUT2D eigenvalue weighted by molar-refractivity contribution is 6.30. The molecule has 0 bridgehead atoms. The summed E-state index contributed by atoms with van der Waals surface area (Å²) in [6, 6.07) is 21.8.